The van der Waals surface area contributed by atoms with E-state index in [0.717, 1.165) is 0 Å². The Balaban J connectivity index is 4.32. The van der Waals surface area contributed by atoms with Gasteiger partial charge in [-0.25, -0.2) is 0 Å². The van der Waals surface area contributed by atoms with E-state index in [1.807, 2.05) is 9.80 Å². The lowest BCUT2D eigenvalue weighted by atomic mass is 10.5. The van der Waals surface area contributed by atoms with Gasteiger partial charge in [0.1, 0.15) is 13.5 Å². The van der Waals surface area contributed by atoms with Crippen LogP contribution < -0.4 is 0 Å². The van der Waals surface area contributed by atoms with Crippen LogP contribution in [0.4, 0.5) is 0 Å². The van der Waals surface area contributed by atoms with E-state index >= 15 is 0 Å². The lowest BCUT2D eigenvalue weighted by Gasteiger charge is -2.23. The van der Waals surface area contributed by atoms with E-state index in [2.05, 4.69) is 0 Å². The average molecular weight is 493 g/mol. The molecule has 0 fully saturated rings. The molecule has 0 aromatic heterocycles. The minimum atomic E-state index is -2.77. The first kappa shape index (κ1) is 31.8. The zero-order valence-corrected chi connectivity index (χ0v) is 19.8. The minimum Gasteiger partial charge on any atom is -0.394 e. The SMILES string of the molecule is O=[PH](OCN(CCOCCO)CCOCCO)OCN(CCOCCO)CCOCCO. The summed E-state index contributed by atoms with van der Waals surface area (Å²) in [5.41, 5.74) is 0. The van der Waals surface area contributed by atoms with Crippen LogP contribution in [-0.4, -0.2) is 149 Å². The molecule has 0 saturated heterocycles. The molecule has 0 amide bonds. The largest absolute Gasteiger partial charge is 0.394 e. The second-order valence-electron chi connectivity index (χ2n) is 6.38. The molecule has 32 heavy (non-hydrogen) atoms. The van der Waals surface area contributed by atoms with E-state index < -0.39 is 8.25 Å². The summed E-state index contributed by atoms with van der Waals surface area (Å²) in [6.07, 6.45) is 0. The Morgan fingerprint density at radius 3 is 1.03 bits per heavy atom. The molecular weight excluding hydrogens is 451 g/mol. The highest BCUT2D eigenvalue weighted by molar-refractivity contribution is 7.33. The van der Waals surface area contributed by atoms with Crippen molar-refractivity contribution in [3.05, 3.63) is 0 Å². The number of aliphatic hydroxyl groups is 4. The molecule has 0 unspecified atom stereocenters. The van der Waals surface area contributed by atoms with E-state index in [1.165, 1.54) is 0 Å². The summed E-state index contributed by atoms with van der Waals surface area (Å²) in [5.74, 6) is 0. The first-order valence-electron chi connectivity index (χ1n) is 10.7. The summed E-state index contributed by atoms with van der Waals surface area (Å²) in [4.78, 5) is 3.65. The molecule has 0 atom stereocenters. The van der Waals surface area contributed by atoms with Crippen LogP contribution in [0.1, 0.15) is 0 Å². The van der Waals surface area contributed by atoms with Crippen LogP contribution in [0.15, 0.2) is 0 Å². The van der Waals surface area contributed by atoms with Gasteiger partial charge in [0.25, 0.3) is 0 Å². The second kappa shape index (κ2) is 25.4. The highest BCUT2D eigenvalue weighted by Gasteiger charge is 2.11. The van der Waals surface area contributed by atoms with Crippen LogP contribution in [0.2, 0.25) is 0 Å². The molecule has 0 aromatic rings. The van der Waals surface area contributed by atoms with Gasteiger partial charge >= 0.3 is 8.25 Å². The fourth-order valence-corrected chi connectivity index (χ4v) is 2.91. The number of aliphatic hydroxyl groups excluding tert-OH is 4. The number of ether oxygens (including phenoxy) is 4. The molecule has 0 aliphatic rings. The number of hydrogen-bond acceptors (Lipinski definition) is 13. The van der Waals surface area contributed by atoms with Crippen molar-refractivity contribution < 1.29 is 53.0 Å². The van der Waals surface area contributed by atoms with Crippen LogP contribution in [0.25, 0.3) is 0 Å². The third kappa shape index (κ3) is 21.6. The second-order valence-corrected chi connectivity index (χ2v) is 7.45. The predicted molar refractivity (Wildman–Crippen MR) is 116 cm³/mol. The highest BCUT2D eigenvalue weighted by atomic mass is 31.1. The Kier molecular flexibility index (Phi) is 25.2. The smallest absolute Gasteiger partial charge is 0.321 e. The summed E-state index contributed by atoms with van der Waals surface area (Å²) >= 11 is 0. The summed E-state index contributed by atoms with van der Waals surface area (Å²) in [6.45, 7) is 4.12. The molecule has 0 aromatic carbocycles. The third-order valence-corrected chi connectivity index (χ3v) is 4.61. The third-order valence-electron chi connectivity index (χ3n) is 3.88. The van der Waals surface area contributed by atoms with Crippen LogP contribution >= 0.6 is 8.25 Å². The predicted octanol–water partition coefficient (Wildman–Crippen LogP) is -2.04. The van der Waals surface area contributed by atoms with Gasteiger partial charge in [0.2, 0.25) is 0 Å². The molecule has 0 radical (unpaired) electrons. The summed E-state index contributed by atoms with van der Waals surface area (Å²) in [7, 11) is -2.77. The Labute approximate surface area is 190 Å². The zero-order chi connectivity index (χ0) is 23.7. The van der Waals surface area contributed by atoms with Gasteiger partial charge in [-0.3, -0.25) is 23.4 Å². The van der Waals surface area contributed by atoms with Crippen molar-refractivity contribution in [3.63, 3.8) is 0 Å². The summed E-state index contributed by atoms with van der Waals surface area (Å²) in [5, 5.41) is 35.1. The van der Waals surface area contributed by atoms with Crippen molar-refractivity contribution >= 4 is 8.25 Å². The van der Waals surface area contributed by atoms with Gasteiger partial charge in [0.05, 0.1) is 79.3 Å². The Morgan fingerprint density at radius 1 is 0.500 bits per heavy atom. The Hall–Kier alpha value is -0.250. The molecule has 0 spiro atoms. The molecule has 13 nitrogen and oxygen atoms in total. The van der Waals surface area contributed by atoms with Gasteiger partial charge in [-0.05, 0) is 0 Å². The molecular formula is C18H41N2O11P. The zero-order valence-electron chi connectivity index (χ0n) is 18.8. The maximum absolute atomic E-state index is 12.2. The Morgan fingerprint density at radius 2 is 0.781 bits per heavy atom. The molecule has 0 saturated carbocycles. The first-order valence-corrected chi connectivity index (χ1v) is 11.9. The van der Waals surface area contributed by atoms with Crippen molar-refractivity contribution in [2.24, 2.45) is 0 Å². The van der Waals surface area contributed by atoms with Crippen LogP contribution in [-0.2, 0) is 32.6 Å². The molecule has 194 valence electrons. The average Bonchev–Trinajstić information content (AvgIpc) is 2.80. The number of hydrogen-bond donors (Lipinski definition) is 4. The van der Waals surface area contributed by atoms with Crippen molar-refractivity contribution in [1.82, 2.24) is 9.80 Å². The van der Waals surface area contributed by atoms with Crippen LogP contribution in [0, 0.1) is 0 Å². The van der Waals surface area contributed by atoms with E-state index in [0.29, 0.717) is 52.6 Å². The van der Waals surface area contributed by atoms with Gasteiger partial charge in [-0.2, -0.15) is 0 Å². The molecule has 4 N–H and O–H groups in total. The van der Waals surface area contributed by atoms with E-state index in [4.69, 9.17) is 48.4 Å². The normalized spacial score (nSPS) is 12.0. The van der Waals surface area contributed by atoms with E-state index in [1.54, 1.807) is 0 Å². The van der Waals surface area contributed by atoms with Crippen LogP contribution in [0.3, 0.4) is 0 Å². The monoisotopic (exact) mass is 492 g/mol. The number of rotatable bonds is 26. The maximum Gasteiger partial charge on any atom is 0.321 e. The van der Waals surface area contributed by atoms with Gasteiger partial charge in [0.15, 0.2) is 0 Å². The van der Waals surface area contributed by atoms with Gasteiger partial charge in [-0.1, -0.05) is 0 Å². The molecule has 0 bridgehead atoms. The lowest BCUT2D eigenvalue weighted by Crippen LogP contribution is -2.34. The minimum absolute atomic E-state index is 0.0436. The summed E-state index contributed by atoms with van der Waals surface area (Å²) in [6, 6.07) is 0. The van der Waals surface area contributed by atoms with E-state index in [-0.39, 0.29) is 66.3 Å². The van der Waals surface area contributed by atoms with Crippen molar-refractivity contribution in [2.75, 3.05) is 119 Å². The molecule has 0 aliphatic heterocycles. The topological polar surface area (TPSA) is 160 Å². The Bertz CT molecular complexity index is 355. The first-order chi connectivity index (χ1) is 15.7. The molecule has 14 heteroatoms. The highest BCUT2D eigenvalue weighted by Crippen LogP contribution is 2.24. The quantitative estimate of drug-likeness (QED) is 0.0595. The van der Waals surface area contributed by atoms with Gasteiger partial charge in [-0.15, -0.1) is 0 Å². The van der Waals surface area contributed by atoms with E-state index in [9.17, 15) is 4.57 Å². The fraction of sp³-hybridized carbons (Fsp3) is 1.00. The molecule has 0 rings (SSSR count). The maximum atomic E-state index is 12.2. The fourth-order valence-electron chi connectivity index (χ4n) is 2.25. The van der Waals surface area contributed by atoms with Crippen molar-refractivity contribution in [2.45, 2.75) is 0 Å². The van der Waals surface area contributed by atoms with Gasteiger partial charge in [0, 0.05) is 26.2 Å². The number of nitrogens with zero attached hydrogens (tertiary/aromatic N) is 2. The standard InChI is InChI=1S/C18H41N2O11P/c21-5-13-26-9-1-19(2-10-27-14-6-22)17-30-32(25)31-18-20(3-11-28-15-7-23)4-12-29-16-8-24/h21-24,32H,1-18H2. The van der Waals surface area contributed by atoms with Crippen molar-refractivity contribution in [1.29, 1.82) is 0 Å². The lowest BCUT2D eigenvalue weighted by molar-refractivity contribution is 0.0126. The molecule has 0 heterocycles. The molecule has 0 aliphatic carbocycles. The summed E-state index contributed by atoms with van der Waals surface area (Å²) < 4.78 is 43.8. The van der Waals surface area contributed by atoms with Crippen LogP contribution in [0.5, 0.6) is 0 Å². The van der Waals surface area contributed by atoms with Gasteiger partial charge < -0.3 is 39.4 Å². The van der Waals surface area contributed by atoms with Crippen molar-refractivity contribution in [3.8, 4) is 0 Å².